The molecular formula is C13H19N3O2. The number of nitrogen functional groups attached to an aromatic ring is 1. The van der Waals surface area contributed by atoms with Crippen LogP contribution in [0, 0.1) is 5.92 Å². The summed E-state index contributed by atoms with van der Waals surface area (Å²) in [4.78, 5) is 13.5. The third-order valence-corrected chi connectivity index (χ3v) is 3.36. The van der Waals surface area contributed by atoms with Crippen molar-refractivity contribution in [3.8, 4) is 0 Å². The predicted octanol–water partition coefficient (Wildman–Crippen LogP) is 0.840. The third-order valence-electron chi connectivity index (χ3n) is 3.36. The van der Waals surface area contributed by atoms with Crippen LogP contribution in [-0.4, -0.2) is 32.7 Å². The smallest absolute Gasteiger partial charge is 0.250 e. The van der Waals surface area contributed by atoms with Gasteiger partial charge in [-0.3, -0.25) is 4.79 Å². The molecule has 5 heteroatoms. The summed E-state index contributed by atoms with van der Waals surface area (Å²) < 4.78 is 5.17. The maximum absolute atomic E-state index is 11.3. The predicted molar refractivity (Wildman–Crippen MR) is 71.6 cm³/mol. The zero-order valence-electron chi connectivity index (χ0n) is 10.6. The molecule has 1 aliphatic heterocycles. The number of nitrogens with two attached hydrogens (primary N) is 2. The van der Waals surface area contributed by atoms with Crippen LogP contribution in [0.4, 0.5) is 11.4 Å². The highest BCUT2D eigenvalue weighted by Crippen LogP contribution is 2.26. The fourth-order valence-corrected chi connectivity index (χ4v) is 2.39. The molecule has 1 aromatic carbocycles. The Hall–Kier alpha value is -1.75. The van der Waals surface area contributed by atoms with E-state index in [2.05, 4.69) is 4.90 Å². The van der Waals surface area contributed by atoms with Gasteiger partial charge in [0, 0.05) is 37.5 Å². The zero-order valence-corrected chi connectivity index (χ0v) is 10.6. The van der Waals surface area contributed by atoms with Crippen LogP contribution in [0.15, 0.2) is 18.2 Å². The molecule has 0 aromatic heterocycles. The molecule has 5 nitrogen and oxygen atoms in total. The van der Waals surface area contributed by atoms with Gasteiger partial charge in [-0.05, 0) is 24.6 Å². The fraction of sp³-hybridized carbons (Fsp3) is 0.462. The van der Waals surface area contributed by atoms with E-state index in [1.54, 1.807) is 19.2 Å². The van der Waals surface area contributed by atoms with Crippen molar-refractivity contribution in [2.75, 3.05) is 37.4 Å². The molecule has 1 fully saturated rings. The van der Waals surface area contributed by atoms with E-state index in [4.69, 9.17) is 16.2 Å². The van der Waals surface area contributed by atoms with Crippen molar-refractivity contribution < 1.29 is 9.53 Å². The number of anilines is 2. The summed E-state index contributed by atoms with van der Waals surface area (Å²) in [6.07, 6.45) is 1.10. The SMILES string of the molecule is COCC1CCN(c2ccc(N)c(C(N)=O)c2)C1. The average Bonchev–Trinajstić information content (AvgIpc) is 2.78. The number of hydrogen-bond acceptors (Lipinski definition) is 4. The Morgan fingerprint density at radius 2 is 2.33 bits per heavy atom. The molecule has 0 aliphatic carbocycles. The van der Waals surface area contributed by atoms with E-state index < -0.39 is 5.91 Å². The van der Waals surface area contributed by atoms with Crippen molar-refractivity contribution in [1.29, 1.82) is 0 Å². The molecule has 1 unspecified atom stereocenters. The van der Waals surface area contributed by atoms with Crippen LogP contribution in [0.2, 0.25) is 0 Å². The van der Waals surface area contributed by atoms with Gasteiger partial charge >= 0.3 is 0 Å². The lowest BCUT2D eigenvalue weighted by atomic mass is 10.1. The van der Waals surface area contributed by atoms with Gasteiger partial charge in [-0.1, -0.05) is 0 Å². The second-order valence-corrected chi connectivity index (χ2v) is 4.69. The van der Waals surface area contributed by atoms with E-state index in [0.717, 1.165) is 31.8 Å². The van der Waals surface area contributed by atoms with Crippen molar-refractivity contribution in [2.45, 2.75) is 6.42 Å². The van der Waals surface area contributed by atoms with Gasteiger partial charge in [0.2, 0.25) is 0 Å². The molecule has 0 radical (unpaired) electrons. The van der Waals surface area contributed by atoms with Gasteiger partial charge in [-0.25, -0.2) is 0 Å². The summed E-state index contributed by atoms with van der Waals surface area (Å²) in [6, 6.07) is 5.43. The first-order valence-corrected chi connectivity index (χ1v) is 6.05. The second-order valence-electron chi connectivity index (χ2n) is 4.69. The maximum Gasteiger partial charge on any atom is 0.250 e. The minimum absolute atomic E-state index is 0.391. The summed E-state index contributed by atoms with van der Waals surface area (Å²) in [7, 11) is 1.72. The summed E-state index contributed by atoms with van der Waals surface area (Å²) in [5, 5.41) is 0. The Bertz CT molecular complexity index is 448. The number of ether oxygens (including phenoxy) is 1. The molecule has 1 heterocycles. The monoisotopic (exact) mass is 249 g/mol. The van der Waals surface area contributed by atoms with Gasteiger partial charge in [-0.2, -0.15) is 0 Å². The van der Waals surface area contributed by atoms with Crippen LogP contribution in [0.3, 0.4) is 0 Å². The van der Waals surface area contributed by atoms with Crippen LogP contribution in [-0.2, 0) is 4.74 Å². The van der Waals surface area contributed by atoms with E-state index in [1.807, 2.05) is 6.07 Å². The largest absolute Gasteiger partial charge is 0.398 e. The summed E-state index contributed by atoms with van der Waals surface area (Å²) in [5.74, 6) is 0.0616. The highest BCUT2D eigenvalue weighted by molar-refractivity contribution is 5.99. The molecule has 1 amide bonds. The highest BCUT2D eigenvalue weighted by atomic mass is 16.5. The van der Waals surface area contributed by atoms with Crippen LogP contribution in [0.1, 0.15) is 16.8 Å². The van der Waals surface area contributed by atoms with Gasteiger partial charge in [0.25, 0.3) is 5.91 Å². The van der Waals surface area contributed by atoms with Crippen LogP contribution in [0.25, 0.3) is 0 Å². The van der Waals surface area contributed by atoms with Crippen LogP contribution < -0.4 is 16.4 Å². The Kier molecular flexibility index (Phi) is 3.72. The minimum Gasteiger partial charge on any atom is -0.398 e. The Morgan fingerprint density at radius 3 is 3.00 bits per heavy atom. The Balaban J connectivity index is 2.15. The number of amides is 1. The topological polar surface area (TPSA) is 81.6 Å². The average molecular weight is 249 g/mol. The fourth-order valence-electron chi connectivity index (χ4n) is 2.39. The first-order chi connectivity index (χ1) is 8.61. The number of benzene rings is 1. The molecule has 0 spiro atoms. The molecule has 1 aromatic rings. The number of carbonyl (C=O) groups is 1. The molecule has 1 atom stereocenters. The lowest BCUT2D eigenvalue weighted by molar-refractivity contribution is 0.100. The van der Waals surface area contributed by atoms with Gasteiger partial charge in [-0.15, -0.1) is 0 Å². The van der Waals surface area contributed by atoms with E-state index in [1.165, 1.54) is 0 Å². The number of rotatable bonds is 4. The molecule has 4 N–H and O–H groups in total. The number of nitrogens with zero attached hydrogens (tertiary/aromatic N) is 1. The van der Waals surface area contributed by atoms with Gasteiger partial charge in [0.1, 0.15) is 0 Å². The van der Waals surface area contributed by atoms with Gasteiger partial charge < -0.3 is 21.1 Å². The van der Waals surface area contributed by atoms with Crippen LogP contribution >= 0.6 is 0 Å². The first kappa shape index (κ1) is 12.7. The van der Waals surface area contributed by atoms with E-state index in [-0.39, 0.29) is 0 Å². The number of hydrogen-bond donors (Lipinski definition) is 2. The lowest BCUT2D eigenvalue weighted by Crippen LogP contribution is -2.22. The summed E-state index contributed by atoms with van der Waals surface area (Å²) in [6.45, 7) is 2.68. The molecule has 98 valence electrons. The van der Waals surface area contributed by atoms with Crippen molar-refractivity contribution in [3.63, 3.8) is 0 Å². The van der Waals surface area contributed by atoms with Gasteiger partial charge in [0.05, 0.1) is 12.2 Å². The van der Waals surface area contributed by atoms with Crippen molar-refractivity contribution in [1.82, 2.24) is 0 Å². The maximum atomic E-state index is 11.3. The highest BCUT2D eigenvalue weighted by Gasteiger charge is 2.23. The third kappa shape index (κ3) is 2.56. The Labute approximate surface area is 107 Å². The molecule has 0 saturated carbocycles. The molecular weight excluding hydrogens is 230 g/mol. The number of primary amides is 1. The summed E-state index contributed by atoms with van der Waals surface area (Å²) >= 11 is 0. The second kappa shape index (κ2) is 5.27. The standard InChI is InChI=1S/C13H19N3O2/c1-18-8-9-4-5-16(7-9)10-2-3-12(14)11(6-10)13(15)17/h2-3,6,9H,4-5,7-8,14H2,1H3,(H2,15,17). The Morgan fingerprint density at radius 1 is 1.56 bits per heavy atom. The van der Waals surface area contributed by atoms with E-state index in [9.17, 15) is 4.79 Å². The quantitative estimate of drug-likeness (QED) is 0.775. The van der Waals surface area contributed by atoms with Crippen molar-refractivity contribution in [3.05, 3.63) is 23.8 Å². The lowest BCUT2D eigenvalue weighted by Gasteiger charge is -2.19. The zero-order chi connectivity index (χ0) is 13.1. The molecule has 2 rings (SSSR count). The minimum atomic E-state index is -0.484. The number of methoxy groups -OCH3 is 1. The summed E-state index contributed by atoms with van der Waals surface area (Å²) in [5.41, 5.74) is 12.8. The van der Waals surface area contributed by atoms with Crippen LogP contribution in [0.5, 0.6) is 0 Å². The normalized spacial score (nSPS) is 19.2. The van der Waals surface area contributed by atoms with E-state index >= 15 is 0 Å². The van der Waals surface area contributed by atoms with E-state index in [0.29, 0.717) is 17.2 Å². The molecule has 18 heavy (non-hydrogen) atoms. The van der Waals surface area contributed by atoms with Crippen molar-refractivity contribution in [2.24, 2.45) is 11.7 Å². The first-order valence-electron chi connectivity index (χ1n) is 6.05. The molecule has 1 saturated heterocycles. The number of carbonyl (C=O) groups excluding carboxylic acids is 1. The van der Waals surface area contributed by atoms with Crippen molar-refractivity contribution >= 4 is 17.3 Å². The molecule has 1 aliphatic rings. The van der Waals surface area contributed by atoms with Gasteiger partial charge in [0.15, 0.2) is 0 Å². The molecule has 0 bridgehead atoms.